The number of rotatable bonds is 5. The first-order valence-corrected chi connectivity index (χ1v) is 9.11. The summed E-state index contributed by atoms with van der Waals surface area (Å²) in [6.45, 7) is 5.04. The first-order chi connectivity index (χ1) is 11.5. The summed E-state index contributed by atoms with van der Waals surface area (Å²) in [5.74, 6) is 0.275. The van der Waals surface area contributed by atoms with Gasteiger partial charge in [-0.2, -0.15) is 5.10 Å². The zero-order valence-corrected chi connectivity index (χ0v) is 14.7. The van der Waals surface area contributed by atoms with Crippen molar-refractivity contribution in [3.8, 4) is 0 Å². The van der Waals surface area contributed by atoms with Crippen LogP contribution in [-0.2, 0) is 16.1 Å². The normalized spacial score (nSPS) is 22.8. The SMILES string of the molecule is CC(=O)N[C@H](C(=O)N1CCC[C@H]1Cn1cc(C)cn1)C1CCCC1. The largest absolute Gasteiger partial charge is 0.344 e. The Morgan fingerprint density at radius 3 is 2.67 bits per heavy atom. The molecule has 1 aliphatic heterocycles. The highest BCUT2D eigenvalue weighted by molar-refractivity contribution is 5.87. The van der Waals surface area contributed by atoms with E-state index < -0.39 is 0 Å². The maximum absolute atomic E-state index is 13.2. The number of carbonyl (C=O) groups is 2. The Bertz CT molecular complexity index is 592. The van der Waals surface area contributed by atoms with E-state index in [1.807, 2.05) is 28.9 Å². The second kappa shape index (κ2) is 7.36. The summed E-state index contributed by atoms with van der Waals surface area (Å²) in [4.78, 5) is 26.7. The van der Waals surface area contributed by atoms with Crippen LogP contribution in [-0.4, -0.2) is 45.1 Å². The van der Waals surface area contributed by atoms with Gasteiger partial charge in [0, 0.05) is 19.7 Å². The van der Waals surface area contributed by atoms with Crippen LogP contribution in [0.1, 0.15) is 51.0 Å². The lowest BCUT2D eigenvalue weighted by Gasteiger charge is -2.31. The molecule has 1 saturated heterocycles. The monoisotopic (exact) mass is 332 g/mol. The first kappa shape index (κ1) is 17.0. The molecule has 2 amide bonds. The third-order valence-corrected chi connectivity index (χ3v) is 5.32. The maximum Gasteiger partial charge on any atom is 0.245 e. The van der Waals surface area contributed by atoms with Crippen LogP contribution in [0.4, 0.5) is 0 Å². The van der Waals surface area contributed by atoms with Gasteiger partial charge >= 0.3 is 0 Å². The van der Waals surface area contributed by atoms with Crippen LogP contribution in [0.3, 0.4) is 0 Å². The van der Waals surface area contributed by atoms with Gasteiger partial charge in [-0.05, 0) is 44.1 Å². The molecule has 24 heavy (non-hydrogen) atoms. The molecular weight excluding hydrogens is 304 g/mol. The van der Waals surface area contributed by atoms with Crippen molar-refractivity contribution in [2.24, 2.45) is 5.92 Å². The average molecular weight is 332 g/mol. The van der Waals surface area contributed by atoms with Crippen molar-refractivity contribution in [3.63, 3.8) is 0 Å². The molecule has 0 bridgehead atoms. The van der Waals surface area contributed by atoms with E-state index in [4.69, 9.17) is 0 Å². The van der Waals surface area contributed by atoms with Crippen molar-refractivity contribution in [2.75, 3.05) is 6.54 Å². The smallest absolute Gasteiger partial charge is 0.245 e. The van der Waals surface area contributed by atoms with Crippen molar-refractivity contribution in [1.82, 2.24) is 20.0 Å². The second-order valence-corrected chi connectivity index (χ2v) is 7.29. The van der Waals surface area contributed by atoms with Gasteiger partial charge in [-0.15, -0.1) is 0 Å². The molecule has 1 saturated carbocycles. The number of aryl methyl sites for hydroxylation is 1. The van der Waals surface area contributed by atoms with Gasteiger partial charge in [0.1, 0.15) is 6.04 Å². The van der Waals surface area contributed by atoms with Gasteiger partial charge in [0.15, 0.2) is 0 Å². The molecule has 1 aromatic rings. The van der Waals surface area contributed by atoms with Gasteiger partial charge in [-0.25, -0.2) is 0 Å². The Labute approximate surface area is 143 Å². The first-order valence-electron chi connectivity index (χ1n) is 9.11. The van der Waals surface area contributed by atoms with Gasteiger partial charge in [-0.1, -0.05) is 12.8 Å². The predicted molar refractivity (Wildman–Crippen MR) is 91.3 cm³/mol. The molecule has 0 aromatic carbocycles. The Morgan fingerprint density at radius 1 is 1.29 bits per heavy atom. The number of aromatic nitrogens is 2. The predicted octanol–water partition coefficient (Wildman–Crippen LogP) is 1.88. The number of hydrogen-bond acceptors (Lipinski definition) is 3. The summed E-state index contributed by atoms with van der Waals surface area (Å²) in [7, 11) is 0. The molecular formula is C18H28N4O2. The Hall–Kier alpha value is -1.85. The number of amides is 2. The van der Waals surface area contributed by atoms with E-state index in [1.165, 1.54) is 6.92 Å². The van der Waals surface area contributed by atoms with E-state index in [1.54, 1.807) is 0 Å². The molecule has 3 rings (SSSR count). The van der Waals surface area contributed by atoms with Crippen LogP contribution in [0.15, 0.2) is 12.4 Å². The maximum atomic E-state index is 13.2. The summed E-state index contributed by atoms with van der Waals surface area (Å²) < 4.78 is 1.93. The van der Waals surface area contributed by atoms with Crippen LogP contribution < -0.4 is 5.32 Å². The van der Waals surface area contributed by atoms with Gasteiger partial charge in [0.05, 0.1) is 18.8 Å². The molecule has 132 valence electrons. The third-order valence-electron chi connectivity index (χ3n) is 5.32. The Morgan fingerprint density at radius 2 is 2.04 bits per heavy atom. The van der Waals surface area contributed by atoms with Crippen LogP contribution in [0, 0.1) is 12.8 Å². The third kappa shape index (κ3) is 3.79. The van der Waals surface area contributed by atoms with Crippen LogP contribution in [0.5, 0.6) is 0 Å². The summed E-state index contributed by atoms with van der Waals surface area (Å²) in [6, 6.07) is -0.181. The molecule has 0 spiro atoms. The van der Waals surface area contributed by atoms with Gasteiger partial charge in [0.25, 0.3) is 0 Å². The van der Waals surface area contributed by atoms with Gasteiger partial charge < -0.3 is 10.2 Å². The summed E-state index contributed by atoms with van der Waals surface area (Å²) >= 11 is 0. The standard InChI is InChI=1S/C18H28N4O2/c1-13-10-19-21(11-13)12-16-8-5-9-22(16)18(24)17(20-14(2)23)15-6-3-4-7-15/h10-11,15-17H,3-9,12H2,1-2H3,(H,20,23)/t16-,17-/m0/s1. The number of nitrogens with zero attached hydrogens (tertiary/aromatic N) is 3. The average Bonchev–Trinajstić information content (AvgIpc) is 3.26. The second-order valence-electron chi connectivity index (χ2n) is 7.29. The highest BCUT2D eigenvalue weighted by atomic mass is 16.2. The van der Waals surface area contributed by atoms with Crippen LogP contribution >= 0.6 is 0 Å². The van der Waals surface area contributed by atoms with E-state index in [2.05, 4.69) is 10.4 Å². The number of likely N-dealkylation sites (tertiary alicyclic amines) is 1. The lowest BCUT2D eigenvalue weighted by Crippen LogP contribution is -2.53. The minimum atomic E-state index is -0.357. The lowest BCUT2D eigenvalue weighted by molar-refractivity contribution is -0.138. The minimum Gasteiger partial charge on any atom is -0.344 e. The molecule has 1 aliphatic carbocycles. The summed E-state index contributed by atoms with van der Waals surface area (Å²) in [6.07, 6.45) is 10.3. The molecule has 1 N–H and O–H groups in total. The summed E-state index contributed by atoms with van der Waals surface area (Å²) in [5, 5.41) is 7.29. The molecule has 6 heteroatoms. The van der Waals surface area contributed by atoms with Gasteiger partial charge in [0.2, 0.25) is 11.8 Å². The quantitative estimate of drug-likeness (QED) is 0.895. The molecule has 2 aliphatic rings. The molecule has 2 fully saturated rings. The Balaban J connectivity index is 1.71. The zero-order chi connectivity index (χ0) is 17.1. The topological polar surface area (TPSA) is 67.2 Å². The fraction of sp³-hybridized carbons (Fsp3) is 0.722. The van der Waals surface area contributed by atoms with Gasteiger partial charge in [-0.3, -0.25) is 14.3 Å². The fourth-order valence-electron chi connectivity index (χ4n) is 4.17. The van der Waals surface area contributed by atoms with E-state index in [9.17, 15) is 9.59 Å². The van der Waals surface area contributed by atoms with Crippen molar-refractivity contribution in [1.29, 1.82) is 0 Å². The molecule has 6 nitrogen and oxygen atoms in total. The highest BCUT2D eigenvalue weighted by Gasteiger charge is 2.38. The molecule has 0 unspecified atom stereocenters. The molecule has 0 radical (unpaired) electrons. The van der Waals surface area contributed by atoms with Crippen LogP contribution in [0.2, 0.25) is 0 Å². The van der Waals surface area contributed by atoms with Crippen molar-refractivity contribution in [3.05, 3.63) is 18.0 Å². The Kier molecular flexibility index (Phi) is 5.21. The van der Waals surface area contributed by atoms with Crippen LogP contribution in [0.25, 0.3) is 0 Å². The van der Waals surface area contributed by atoms with Crippen molar-refractivity contribution in [2.45, 2.75) is 71.0 Å². The molecule has 2 atom stereocenters. The number of carbonyl (C=O) groups excluding carboxylic acids is 2. The summed E-state index contributed by atoms with van der Waals surface area (Å²) in [5.41, 5.74) is 1.13. The highest BCUT2D eigenvalue weighted by Crippen LogP contribution is 2.30. The zero-order valence-electron chi connectivity index (χ0n) is 14.7. The molecule has 1 aromatic heterocycles. The van der Waals surface area contributed by atoms with E-state index >= 15 is 0 Å². The van der Waals surface area contributed by atoms with Crippen molar-refractivity contribution >= 4 is 11.8 Å². The van der Waals surface area contributed by atoms with E-state index in [-0.39, 0.29) is 29.8 Å². The number of nitrogens with one attached hydrogen (secondary N) is 1. The molecule has 2 heterocycles. The van der Waals surface area contributed by atoms with E-state index in [0.717, 1.165) is 57.2 Å². The number of hydrogen-bond donors (Lipinski definition) is 1. The van der Waals surface area contributed by atoms with Crippen molar-refractivity contribution < 1.29 is 9.59 Å². The lowest BCUT2D eigenvalue weighted by atomic mass is 9.96. The minimum absolute atomic E-state index is 0.100. The fourth-order valence-corrected chi connectivity index (χ4v) is 4.17. The van der Waals surface area contributed by atoms with E-state index in [0.29, 0.717) is 0 Å².